The fourth-order valence-corrected chi connectivity index (χ4v) is 2.10. The quantitative estimate of drug-likeness (QED) is 0.917. The van der Waals surface area contributed by atoms with E-state index in [1.54, 1.807) is 58.8 Å². The minimum absolute atomic E-state index is 0.126. The zero-order valence-electron chi connectivity index (χ0n) is 12.5. The SMILES string of the molecule is COc1ccc(O)c(-c2cc(OC)c(OC)cc2OC)c1. The molecule has 0 heterocycles. The second-order valence-electron chi connectivity index (χ2n) is 4.29. The number of phenols is 1. The Morgan fingerprint density at radius 1 is 0.667 bits per heavy atom. The van der Waals surface area contributed by atoms with Crippen molar-refractivity contribution in [1.29, 1.82) is 0 Å². The van der Waals surface area contributed by atoms with E-state index >= 15 is 0 Å². The van der Waals surface area contributed by atoms with Gasteiger partial charge in [-0.2, -0.15) is 0 Å². The first-order valence-corrected chi connectivity index (χ1v) is 6.32. The molecule has 2 aromatic carbocycles. The van der Waals surface area contributed by atoms with Gasteiger partial charge in [-0.1, -0.05) is 0 Å². The molecule has 5 nitrogen and oxygen atoms in total. The Bertz CT molecular complexity index is 637. The van der Waals surface area contributed by atoms with E-state index in [0.717, 1.165) is 0 Å². The number of rotatable bonds is 5. The summed E-state index contributed by atoms with van der Waals surface area (Å²) in [6, 6.07) is 8.47. The summed E-state index contributed by atoms with van der Waals surface area (Å²) < 4.78 is 21.1. The number of phenolic OH excluding ortho intramolecular Hbond substituents is 1. The summed E-state index contributed by atoms with van der Waals surface area (Å²) in [5.74, 6) is 2.44. The Kier molecular flexibility index (Phi) is 4.42. The first kappa shape index (κ1) is 14.8. The summed E-state index contributed by atoms with van der Waals surface area (Å²) >= 11 is 0. The standard InChI is InChI=1S/C16H18O5/c1-18-10-5-6-13(17)11(7-10)12-8-15(20-3)16(21-4)9-14(12)19-2/h5-9,17H,1-4H3. The molecule has 0 amide bonds. The van der Waals surface area contributed by atoms with E-state index in [2.05, 4.69) is 0 Å². The van der Waals surface area contributed by atoms with Crippen molar-refractivity contribution in [2.24, 2.45) is 0 Å². The maximum Gasteiger partial charge on any atom is 0.164 e. The first-order chi connectivity index (χ1) is 10.1. The number of benzene rings is 2. The first-order valence-electron chi connectivity index (χ1n) is 6.32. The van der Waals surface area contributed by atoms with Crippen molar-refractivity contribution in [2.45, 2.75) is 0 Å². The summed E-state index contributed by atoms with van der Waals surface area (Å²) in [7, 11) is 6.24. The number of ether oxygens (including phenoxy) is 4. The van der Waals surface area contributed by atoms with E-state index in [1.165, 1.54) is 0 Å². The average molecular weight is 290 g/mol. The monoisotopic (exact) mass is 290 g/mol. The number of aromatic hydroxyl groups is 1. The zero-order valence-corrected chi connectivity index (χ0v) is 12.5. The van der Waals surface area contributed by atoms with Crippen LogP contribution in [0.15, 0.2) is 30.3 Å². The molecule has 0 aliphatic heterocycles. The fourth-order valence-electron chi connectivity index (χ4n) is 2.10. The van der Waals surface area contributed by atoms with Gasteiger partial charge in [-0.05, 0) is 24.3 Å². The van der Waals surface area contributed by atoms with Crippen molar-refractivity contribution < 1.29 is 24.1 Å². The van der Waals surface area contributed by atoms with E-state index in [9.17, 15) is 5.11 Å². The van der Waals surface area contributed by atoms with Crippen LogP contribution in [-0.4, -0.2) is 33.5 Å². The molecule has 0 radical (unpaired) electrons. The van der Waals surface area contributed by atoms with Crippen molar-refractivity contribution in [3.8, 4) is 39.9 Å². The van der Waals surface area contributed by atoms with Crippen molar-refractivity contribution >= 4 is 0 Å². The van der Waals surface area contributed by atoms with Crippen LogP contribution in [0.5, 0.6) is 28.7 Å². The smallest absolute Gasteiger partial charge is 0.164 e. The maximum atomic E-state index is 10.1. The molecule has 0 aliphatic rings. The van der Waals surface area contributed by atoms with Gasteiger partial charge in [0.25, 0.3) is 0 Å². The van der Waals surface area contributed by atoms with Gasteiger partial charge < -0.3 is 24.1 Å². The lowest BCUT2D eigenvalue weighted by atomic mass is 10.0. The van der Waals surface area contributed by atoms with Gasteiger partial charge in [-0.25, -0.2) is 0 Å². The minimum Gasteiger partial charge on any atom is -0.507 e. The Labute approximate surface area is 123 Å². The summed E-state index contributed by atoms with van der Waals surface area (Å²) in [5.41, 5.74) is 1.28. The van der Waals surface area contributed by atoms with Gasteiger partial charge in [-0.15, -0.1) is 0 Å². The van der Waals surface area contributed by atoms with E-state index in [-0.39, 0.29) is 5.75 Å². The van der Waals surface area contributed by atoms with Gasteiger partial charge in [0.2, 0.25) is 0 Å². The molecule has 112 valence electrons. The van der Waals surface area contributed by atoms with E-state index in [1.807, 2.05) is 0 Å². The van der Waals surface area contributed by atoms with Gasteiger partial charge in [0.1, 0.15) is 17.2 Å². The molecule has 2 aromatic rings. The molecule has 0 aromatic heterocycles. The highest BCUT2D eigenvalue weighted by Crippen LogP contribution is 2.43. The number of methoxy groups -OCH3 is 4. The highest BCUT2D eigenvalue weighted by Gasteiger charge is 2.16. The molecule has 5 heteroatoms. The van der Waals surface area contributed by atoms with Crippen LogP contribution < -0.4 is 18.9 Å². The molecule has 0 saturated carbocycles. The van der Waals surface area contributed by atoms with Crippen LogP contribution in [-0.2, 0) is 0 Å². The summed E-state index contributed by atoms with van der Waals surface area (Å²) in [6.07, 6.45) is 0. The van der Waals surface area contributed by atoms with Gasteiger partial charge in [0.05, 0.1) is 28.4 Å². The third-order valence-electron chi connectivity index (χ3n) is 3.20. The molecule has 0 fully saturated rings. The van der Waals surface area contributed by atoms with Crippen LogP contribution in [0.2, 0.25) is 0 Å². The zero-order chi connectivity index (χ0) is 15.4. The summed E-state index contributed by atoms with van der Waals surface area (Å²) in [4.78, 5) is 0. The minimum atomic E-state index is 0.126. The molecule has 0 atom stereocenters. The highest BCUT2D eigenvalue weighted by molar-refractivity contribution is 5.79. The number of hydrogen-bond donors (Lipinski definition) is 1. The van der Waals surface area contributed by atoms with Gasteiger partial charge >= 0.3 is 0 Å². The van der Waals surface area contributed by atoms with E-state index in [4.69, 9.17) is 18.9 Å². The lowest BCUT2D eigenvalue weighted by molar-refractivity contribution is 0.349. The predicted molar refractivity (Wildman–Crippen MR) is 79.8 cm³/mol. The normalized spacial score (nSPS) is 10.1. The molecule has 0 spiro atoms. The second-order valence-corrected chi connectivity index (χ2v) is 4.29. The third-order valence-corrected chi connectivity index (χ3v) is 3.20. The molecule has 21 heavy (non-hydrogen) atoms. The molecule has 0 saturated heterocycles. The van der Waals surface area contributed by atoms with Gasteiger partial charge in [0, 0.05) is 17.2 Å². The van der Waals surface area contributed by atoms with Gasteiger partial charge in [-0.3, -0.25) is 0 Å². The number of hydrogen-bond acceptors (Lipinski definition) is 5. The Balaban J connectivity index is 2.67. The molecular formula is C16H18O5. The molecule has 1 N–H and O–H groups in total. The largest absolute Gasteiger partial charge is 0.507 e. The predicted octanol–water partition coefficient (Wildman–Crippen LogP) is 3.09. The topological polar surface area (TPSA) is 57.2 Å². The lowest BCUT2D eigenvalue weighted by Gasteiger charge is -2.15. The van der Waals surface area contributed by atoms with Crippen LogP contribution in [0.1, 0.15) is 0 Å². The van der Waals surface area contributed by atoms with Crippen LogP contribution in [0, 0.1) is 0 Å². The summed E-state index contributed by atoms with van der Waals surface area (Å²) in [6.45, 7) is 0. The maximum absolute atomic E-state index is 10.1. The second kappa shape index (κ2) is 6.26. The van der Waals surface area contributed by atoms with Crippen LogP contribution in [0.3, 0.4) is 0 Å². The van der Waals surface area contributed by atoms with Crippen LogP contribution in [0.4, 0.5) is 0 Å². The third kappa shape index (κ3) is 2.81. The van der Waals surface area contributed by atoms with E-state index in [0.29, 0.717) is 34.1 Å². The molecule has 0 aliphatic carbocycles. The molecular weight excluding hydrogens is 272 g/mol. The lowest BCUT2D eigenvalue weighted by Crippen LogP contribution is -1.95. The Morgan fingerprint density at radius 3 is 1.86 bits per heavy atom. The Hall–Kier alpha value is -2.56. The van der Waals surface area contributed by atoms with E-state index < -0.39 is 0 Å². The highest BCUT2D eigenvalue weighted by atomic mass is 16.5. The Morgan fingerprint density at radius 2 is 1.29 bits per heavy atom. The van der Waals surface area contributed by atoms with Crippen molar-refractivity contribution in [3.05, 3.63) is 30.3 Å². The summed E-state index contributed by atoms with van der Waals surface area (Å²) in [5, 5.41) is 10.1. The van der Waals surface area contributed by atoms with Crippen molar-refractivity contribution in [2.75, 3.05) is 28.4 Å². The molecule has 0 bridgehead atoms. The van der Waals surface area contributed by atoms with Crippen LogP contribution in [0.25, 0.3) is 11.1 Å². The molecule has 2 rings (SSSR count). The molecule has 0 unspecified atom stereocenters. The average Bonchev–Trinajstić information content (AvgIpc) is 2.54. The fraction of sp³-hybridized carbons (Fsp3) is 0.250. The van der Waals surface area contributed by atoms with Crippen LogP contribution >= 0.6 is 0 Å². The van der Waals surface area contributed by atoms with Gasteiger partial charge in [0.15, 0.2) is 11.5 Å². The van der Waals surface area contributed by atoms with Crippen molar-refractivity contribution in [1.82, 2.24) is 0 Å². The van der Waals surface area contributed by atoms with Crippen molar-refractivity contribution in [3.63, 3.8) is 0 Å².